The van der Waals surface area contributed by atoms with Gasteiger partial charge in [-0.15, -0.1) is 0 Å². The Morgan fingerprint density at radius 3 is 2.67 bits per heavy atom. The summed E-state index contributed by atoms with van der Waals surface area (Å²) in [6.45, 7) is 5.04. The molecule has 0 aromatic heterocycles. The lowest BCUT2D eigenvalue weighted by Gasteiger charge is -2.17. The van der Waals surface area contributed by atoms with Gasteiger partial charge in [-0.05, 0) is 48.3 Å². The number of likely N-dealkylation sites (tertiary alicyclic amines) is 1. The summed E-state index contributed by atoms with van der Waals surface area (Å²) in [5.41, 5.74) is 1.17. The van der Waals surface area contributed by atoms with Crippen molar-refractivity contribution in [2.75, 3.05) is 19.7 Å². The summed E-state index contributed by atoms with van der Waals surface area (Å²) in [4.78, 5) is 25.5. The Labute approximate surface area is 142 Å². The van der Waals surface area contributed by atoms with Crippen LogP contribution in [0.3, 0.4) is 0 Å². The molecule has 2 fully saturated rings. The molecule has 5 heteroatoms. The molecule has 3 rings (SSSR count). The largest absolute Gasteiger partial charge is 0.484 e. The number of hydrogen-bond donors (Lipinski definition) is 1. The van der Waals surface area contributed by atoms with Gasteiger partial charge in [0.05, 0.1) is 5.92 Å². The van der Waals surface area contributed by atoms with Crippen LogP contribution in [0.25, 0.3) is 0 Å². The third kappa shape index (κ3) is 3.71. The van der Waals surface area contributed by atoms with Gasteiger partial charge in [-0.1, -0.05) is 26.0 Å². The molecule has 5 nitrogen and oxygen atoms in total. The third-order valence-corrected chi connectivity index (χ3v) is 5.15. The Bertz CT molecular complexity index is 624. The number of amides is 1. The van der Waals surface area contributed by atoms with Crippen LogP contribution in [0.5, 0.6) is 5.75 Å². The number of aliphatic carboxylic acids is 1. The van der Waals surface area contributed by atoms with E-state index in [2.05, 4.69) is 13.8 Å². The molecule has 130 valence electrons. The van der Waals surface area contributed by atoms with Crippen molar-refractivity contribution >= 4 is 11.9 Å². The molecule has 1 aromatic rings. The molecule has 1 saturated heterocycles. The van der Waals surface area contributed by atoms with Crippen molar-refractivity contribution < 1.29 is 19.4 Å². The van der Waals surface area contributed by atoms with Gasteiger partial charge in [0.25, 0.3) is 5.91 Å². The van der Waals surface area contributed by atoms with Gasteiger partial charge in [0, 0.05) is 13.1 Å². The maximum absolute atomic E-state index is 12.4. The maximum atomic E-state index is 12.4. The number of hydrogen-bond acceptors (Lipinski definition) is 3. The first-order chi connectivity index (χ1) is 11.5. The van der Waals surface area contributed by atoms with E-state index in [0.717, 1.165) is 12.8 Å². The summed E-state index contributed by atoms with van der Waals surface area (Å²) in [7, 11) is 0. The SMILES string of the molecule is CC(C)c1cccc(OCC(=O)N2C[C@H](C(=O)O)[C@@H](C3CC3)C2)c1. The standard InChI is InChI=1S/C19H25NO4/c1-12(2)14-4-3-5-15(8-14)24-11-18(21)20-9-16(13-6-7-13)17(10-20)19(22)23/h3-5,8,12-13,16-17H,6-7,9-11H2,1-2H3,(H,22,23)/t16-,17+/m1/s1. The first kappa shape index (κ1) is 16.8. The van der Waals surface area contributed by atoms with E-state index in [1.165, 1.54) is 5.56 Å². The molecule has 1 saturated carbocycles. The lowest BCUT2D eigenvalue weighted by molar-refractivity contribution is -0.142. The minimum atomic E-state index is -0.784. The predicted molar refractivity (Wildman–Crippen MR) is 89.9 cm³/mol. The third-order valence-electron chi connectivity index (χ3n) is 5.15. The summed E-state index contributed by atoms with van der Waals surface area (Å²) in [6, 6.07) is 7.76. The number of carboxylic acid groups (broad SMARTS) is 1. The molecule has 1 heterocycles. The number of benzene rings is 1. The second-order valence-electron chi connectivity index (χ2n) is 7.26. The number of nitrogens with zero attached hydrogens (tertiary/aromatic N) is 1. The Kier molecular flexibility index (Phi) is 4.78. The number of carbonyl (C=O) groups excluding carboxylic acids is 1. The second kappa shape index (κ2) is 6.83. The highest BCUT2D eigenvalue weighted by molar-refractivity contribution is 5.80. The fourth-order valence-electron chi connectivity index (χ4n) is 3.50. The van der Waals surface area contributed by atoms with E-state index in [4.69, 9.17) is 4.74 Å². The lowest BCUT2D eigenvalue weighted by Crippen LogP contribution is -2.33. The number of rotatable bonds is 6. The van der Waals surface area contributed by atoms with Crippen molar-refractivity contribution in [1.82, 2.24) is 4.90 Å². The van der Waals surface area contributed by atoms with Crippen molar-refractivity contribution in [3.8, 4) is 5.75 Å². The quantitative estimate of drug-likeness (QED) is 0.870. The normalized spacial score (nSPS) is 23.5. The first-order valence-electron chi connectivity index (χ1n) is 8.69. The molecule has 1 aliphatic heterocycles. The van der Waals surface area contributed by atoms with Crippen molar-refractivity contribution in [3.63, 3.8) is 0 Å². The van der Waals surface area contributed by atoms with Crippen LogP contribution in [0.4, 0.5) is 0 Å². The minimum absolute atomic E-state index is 0.0364. The van der Waals surface area contributed by atoms with E-state index in [-0.39, 0.29) is 18.4 Å². The monoisotopic (exact) mass is 331 g/mol. The van der Waals surface area contributed by atoms with Gasteiger partial charge in [0.1, 0.15) is 5.75 Å². The van der Waals surface area contributed by atoms with Crippen molar-refractivity contribution in [1.29, 1.82) is 0 Å². The molecule has 0 radical (unpaired) electrons. The van der Waals surface area contributed by atoms with Gasteiger partial charge in [0.2, 0.25) is 0 Å². The minimum Gasteiger partial charge on any atom is -0.484 e. The van der Waals surface area contributed by atoms with Crippen LogP contribution in [-0.2, 0) is 9.59 Å². The number of carboxylic acids is 1. The fourth-order valence-corrected chi connectivity index (χ4v) is 3.50. The van der Waals surface area contributed by atoms with Gasteiger partial charge in [-0.25, -0.2) is 0 Å². The number of carbonyl (C=O) groups is 2. The Morgan fingerprint density at radius 2 is 2.04 bits per heavy atom. The summed E-state index contributed by atoms with van der Waals surface area (Å²) >= 11 is 0. The lowest BCUT2D eigenvalue weighted by atomic mass is 9.92. The molecule has 0 spiro atoms. The maximum Gasteiger partial charge on any atom is 0.308 e. The second-order valence-corrected chi connectivity index (χ2v) is 7.26. The van der Waals surface area contributed by atoms with Crippen LogP contribution >= 0.6 is 0 Å². The van der Waals surface area contributed by atoms with Crippen molar-refractivity contribution in [3.05, 3.63) is 29.8 Å². The average Bonchev–Trinajstić information content (AvgIpc) is 3.30. The van der Waals surface area contributed by atoms with E-state index in [1.54, 1.807) is 4.90 Å². The van der Waals surface area contributed by atoms with Gasteiger partial charge in [-0.3, -0.25) is 9.59 Å². The van der Waals surface area contributed by atoms with Crippen LogP contribution in [0.1, 0.15) is 38.2 Å². The Morgan fingerprint density at radius 1 is 1.29 bits per heavy atom. The van der Waals surface area contributed by atoms with Gasteiger partial charge in [-0.2, -0.15) is 0 Å². The van der Waals surface area contributed by atoms with Crippen molar-refractivity contribution in [2.45, 2.75) is 32.6 Å². The molecule has 24 heavy (non-hydrogen) atoms. The highest BCUT2D eigenvalue weighted by atomic mass is 16.5. The Hall–Kier alpha value is -2.04. The van der Waals surface area contributed by atoms with Crippen LogP contribution < -0.4 is 4.74 Å². The van der Waals surface area contributed by atoms with Crippen LogP contribution in [-0.4, -0.2) is 41.6 Å². The highest BCUT2D eigenvalue weighted by Crippen LogP contribution is 2.44. The molecule has 2 atom stereocenters. The zero-order valence-corrected chi connectivity index (χ0v) is 14.3. The summed E-state index contributed by atoms with van der Waals surface area (Å²) in [6.07, 6.45) is 2.18. The van der Waals surface area contributed by atoms with Gasteiger partial charge >= 0.3 is 5.97 Å². The molecular weight excluding hydrogens is 306 g/mol. The molecule has 1 aliphatic carbocycles. The molecule has 1 N–H and O–H groups in total. The predicted octanol–water partition coefficient (Wildman–Crippen LogP) is 2.76. The van der Waals surface area contributed by atoms with Gasteiger partial charge in [0.15, 0.2) is 6.61 Å². The molecule has 2 aliphatic rings. The molecule has 0 bridgehead atoms. The zero-order chi connectivity index (χ0) is 17.3. The summed E-state index contributed by atoms with van der Waals surface area (Å²) in [5, 5.41) is 9.38. The van der Waals surface area contributed by atoms with Crippen LogP contribution in [0.15, 0.2) is 24.3 Å². The van der Waals surface area contributed by atoms with E-state index in [9.17, 15) is 14.7 Å². The Balaban J connectivity index is 1.57. The number of ether oxygens (including phenoxy) is 1. The highest BCUT2D eigenvalue weighted by Gasteiger charge is 2.46. The van der Waals surface area contributed by atoms with E-state index >= 15 is 0 Å². The smallest absolute Gasteiger partial charge is 0.308 e. The average molecular weight is 331 g/mol. The van der Waals surface area contributed by atoms with E-state index in [1.807, 2.05) is 24.3 Å². The first-order valence-corrected chi connectivity index (χ1v) is 8.69. The fraction of sp³-hybridized carbons (Fsp3) is 0.579. The van der Waals surface area contributed by atoms with Crippen LogP contribution in [0.2, 0.25) is 0 Å². The van der Waals surface area contributed by atoms with Crippen LogP contribution in [0, 0.1) is 17.8 Å². The summed E-state index contributed by atoms with van der Waals surface area (Å²) < 4.78 is 5.64. The summed E-state index contributed by atoms with van der Waals surface area (Å²) in [5.74, 6) is 0.335. The molecule has 1 amide bonds. The van der Waals surface area contributed by atoms with Crippen molar-refractivity contribution in [2.24, 2.45) is 17.8 Å². The molecular formula is C19H25NO4. The van der Waals surface area contributed by atoms with E-state index < -0.39 is 11.9 Å². The zero-order valence-electron chi connectivity index (χ0n) is 14.3. The molecule has 0 unspecified atom stereocenters. The van der Waals surface area contributed by atoms with Gasteiger partial charge < -0.3 is 14.7 Å². The molecule has 1 aromatic carbocycles. The van der Waals surface area contributed by atoms with E-state index in [0.29, 0.717) is 30.7 Å². The topological polar surface area (TPSA) is 66.8 Å².